The third kappa shape index (κ3) is 3.45. The quantitative estimate of drug-likeness (QED) is 0.789. The predicted octanol–water partition coefficient (Wildman–Crippen LogP) is 4.73. The number of carbonyl (C=O) groups is 1. The molecule has 3 nitrogen and oxygen atoms in total. The van der Waals surface area contributed by atoms with Gasteiger partial charge in [0.15, 0.2) is 0 Å². The molecule has 22 heavy (non-hydrogen) atoms. The first-order valence-electron chi connectivity index (χ1n) is 7.10. The highest BCUT2D eigenvalue weighted by Gasteiger charge is 2.26. The fourth-order valence-electron chi connectivity index (χ4n) is 2.40. The van der Waals surface area contributed by atoms with Gasteiger partial charge < -0.3 is 9.64 Å². The van der Waals surface area contributed by atoms with E-state index in [-0.39, 0.29) is 17.9 Å². The minimum Gasteiger partial charge on any atom is -0.496 e. The smallest absolute Gasteiger partial charge is 0.230 e. The van der Waals surface area contributed by atoms with Gasteiger partial charge in [-0.3, -0.25) is 4.79 Å². The summed E-state index contributed by atoms with van der Waals surface area (Å²) in [5, 5.41) is 0. The van der Waals surface area contributed by atoms with Gasteiger partial charge in [0.05, 0.1) is 23.4 Å². The van der Waals surface area contributed by atoms with Crippen molar-refractivity contribution in [1.29, 1.82) is 0 Å². The van der Waals surface area contributed by atoms with Crippen molar-refractivity contribution in [2.75, 3.05) is 14.2 Å². The van der Waals surface area contributed by atoms with Crippen molar-refractivity contribution >= 4 is 28.8 Å². The first-order valence-corrected chi connectivity index (χ1v) is 8.30. The van der Waals surface area contributed by atoms with Crippen LogP contribution in [0.3, 0.4) is 0 Å². The number of halogens is 1. The number of rotatable bonds is 5. The minimum absolute atomic E-state index is 0.0666. The average Bonchev–Trinajstić information content (AvgIpc) is 2.98. The normalized spacial score (nSPS) is 13.5. The van der Waals surface area contributed by atoms with Crippen LogP contribution in [0.1, 0.15) is 36.2 Å². The van der Waals surface area contributed by atoms with E-state index in [0.29, 0.717) is 4.34 Å². The zero-order valence-corrected chi connectivity index (χ0v) is 14.7. The fourth-order valence-corrected chi connectivity index (χ4v) is 3.50. The molecule has 0 saturated heterocycles. The maximum atomic E-state index is 12.7. The van der Waals surface area contributed by atoms with E-state index in [9.17, 15) is 4.79 Å². The Hall–Kier alpha value is -1.52. The van der Waals surface area contributed by atoms with Crippen molar-refractivity contribution < 1.29 is 9.53 Å². The minimum atomic E-state index is -0.209. The molecule has 118 valence electrons. The van der Waals surface area contributed by atoms with Gasteiger partial charge >= 0.3 is 0 Å². The predicted molar refractivity (Wildman–Crippen MR) is 91.9 cm³/mol. The molecule has 0 radical (unpaired) electrons. The third-order valence-corrected chi connectivity index (χ3v) is 5.32. The van der Waals surface area contributed by atoms with Crippen LogP contribution < -0.4 is 4.74 Å². The van der Waals surface area contributed by atoms with E-state index in [4.69, 9.17) is 16.3 Å². The maximum absolute atomic E-state index is 12.7. The topological polar surface area (TPSA) is 29.5 Å². The molecule has 1 aromatic carbocycles. The zero-order chi connectivity index (χ0) is 16.3. The number of amides is 1. The highest BCUT2D eigenvalue weighted by molar-refractivity contribution is 7.16. The van der Waals surface area contributed by atoms with E-state index in [0.717, 1.165) is 16.2 Å². The van der Waals surface area contributed by atoms with Crippen LogP contribution in [-0.2, 0) is 4.79 Å². The fraction of sp³-hybridized carbons (Fsp3) is 0.353. The molecule has 0 spiro atoms. The van der Waals surface area contributed by atoms with Crippen LogP contribution in [0.4, 0.5) is 0 Å². The number of nitrogens with zero attached hydrogens (tertiary/aromatic N) is 1. The number of thiophene rings is 1. The Kier molecular flexibility index (Phi) is 5.48. The van der Waals surface area contributed by atoms with Crippen molar-refractivity contribution in [1.82, 2.24) is 4.90 Å². The highest BCUT2D eigenvalue weighted by atomic mass is 35.5. The summed E-state index contributed by atoms with van der Waals surface area (Å²) in [6, 6.07) is 11.4. The van der Waals surface area contributed by atoms with Crippen LogP contribution in [0.5, 0.6) is 5.75 Å². The molecule has 0 saturated carbocycles. The van der Waals surface area contributed by atoms with Gasteiger partial charge in [-0.2, -0.15) is 0 Å². The molecule has 2 unspecified atom stereocenters. The molecule has 0 bridgehead atoms. The molecule has 0 fully saturated rings. The number of hydrogen-bond donors (Lipinski definition) is 0. The Morgan fingerprint density at radius 3 is 2.50 bits per heavy atom. The number of methoxy groups -OCH3 is 1. The summed E-state index contributed by atoms with van der Waals surface area (Å²) < 4.78 is 6.10. The summed E-state index contributed by atoms with van der Waals surface area (Å²) >= 11 is 7.41. The molecular formula is C17H20ClNO2S. The number of carbonyl (C=O) groups excluding carboxylic acids is 1. The van der Waals surface area contributed by atoms with Crippen LogP contribution in [0.15, 0.2) is 36.4 Å². The standard InChI is InChI=1S/C17H20ClNO2S/c1-11(15-9-10-16(18)22-15)17(20)19(3)12(2)13-7-5-6-8-14(13)21-4/h5-12H,1-4H3. The lowest BCUT2D eigenvalue weighted by Crippen LogP contribution is -2.33. The molecule has 2 atom stereocenters. The van der Waals surface area contributed by atoms with Gasteiger partial charge in [-0.1, -0.05) is 29.8 Å². The van der Waals surface area contributed by atoms with Gasteiger partial charge in [-0.25, -0.2) is 0 Å². The monoisotopic (exact) mass is 337 g/mol. The number of ether oxygens (including phenoxy) is 1. The lowest BCUT2D eigenvalue weighted by Gasteiger charge is -2.28. The number of para-hydroxylation sites is 1. The van der Waals surface area contributed by atoms with Crippen molar-refractivity contribution in [3.05, 3.63) is 51.2 Å². The lowest BCUT2D eigenvalue weighted by atomic mass is 10.0. The molecule has 0 aliphatic heterocycles. The molecule has 2 aromatic rings. The Morgan fingerprint density at radius 1 is 1.23 bits per heavy atom. The number of hydrogen-bond acceptors (Lipinski definition) is 3. The summed E-state index contributed by atoms with van der Waals surface area (Å²) in [7, 11) is 3.47. The first kappa shape index (κ1) is 16.8. The van der Waals surface area contributed by atoms with Gasteiger partial charge in [0.25, 0.3) is 0 Å². The highest BCUT2D eigenvalue weighted by Crippen LogP contribution is 2.33. The molecular weight excluding hydrogens is 318 g/mol. The van der Waals surface area contributed by atoms with Crippen LogP contribution in [-0.4, -0.2) is 25.0 Å². The molecule has 1 heterocycles. The molecule has 0 aliphatic rings. The van der Waals surface area contributed by atoms with Gasteiger partial charge in [-0.15, -0.1) is 11.3 Å². The Balaban J connectivity index is 2.19. The maximum Gasteiger partial charge on any atom is 0.230 e. The average molecular weight is 338 g/mol. The van der Waals surface area contributed by atoms with Gasteiger partial charge in [-0.05, 0) is 32.0 Å². The lowest BCUT2D eigenvalue weighted by molar-refractivity contribution is -0.133. The van der Waals surface area contributed by atoms with Crippen LogP contribution in [0.2, 0.25) is 4.34 Å². The van der Waals surface area contributed by atoms with Gasteiger partial charge in [0, 0.05) is 17.5 Å². The van der Waals surface area contributed by atoms with E-state index < -0.39 is 0 Å². The molecule has 1 aromatic heterocycles. The Labute approximate surface area is 140 Å². The summed E-state index contributed by atoms with van der Waals surface area (Å²) in [4.78, 5) is 15.5. The largest absolute Gasteiger partial charge is 0.496 e. The Morgan fingerprint density at radius 2 is 1.91 bits per heavy atom. The summed E-state index contributed by atoms with van der Waals surface area (Å²) in [5.74, 6) is 0.651. The van der Waals surface area contributed by atoms with Crippen molar-refractivity contribution in [3.63, 3.8) is 0 Å². The Bertz CT molecular complexity index is 656. The van der Waals surface area contributed by atoms with E-state index in [1.807, 2.05) is 57.3 Å². The van der Waals surface area contributed by atoms with E-state index in [1.54, 1.807) is 12.0 Å². The van der Waals surface area contributed by atoms with Crippen LogP contribution in [0.25, 0.3) is 0 Å². The molecule has 0 N–H and O–H groups in total. The second-order valence-electron chi connectivity index (χ2n) is 5.23. The summed E-state index contributed by atoms with van der Waals surface area (Å²) in [6.07, 6.45) is 0. The molecule has 2 rings (SSSR count). The molecule has 1 amide bonds. The number of benzene rings is 1. The van der Waals surface area contributed by atoms with Crippen molar-refractivity contribution in [3.8, 4) is 5.75 Å². The second kappa shape index (κ2) is 7.16. The van der Waals surface area contributed by atoms with E-state index in [2.05, 4.69) is 0 Å². The molecule has 5 heteroatoms. The van der Waals surface area contributed by atoms with Gasteiger partial charge in [0.1, 0.15) is 5.75 Å². The van der Waals surface area contributed by atoms with Crippen LogP contribution >= 0.6 is 22.9 Å². The second-order valence-corrected chi connectivity index (χ2v) is 6.98. The SMILES string of the molecule is COc1ccccc1C(C)N(C)C(=O)C(C)c1ccc(Cl)s1. The van der Waals surface area contributed by atoms with E-state index in [1.165, 1.54) is 11.3 Å². The van der Waals surface area contributed by atoms with Crippen molar-refractivity contribution in [2.45, 2.75) is 25.8 Å². The summed E-state index contributed by atoms with van der Waals surface area (Å²) in [5.41, 5.74) is 0.997. The first-order chi connectivity index (χ1) is 10.5. The van der Waals surface area contributed by atoms with Crippen molar-refractivity contribution in [2.24, 2.45) is 0 Å². The van der Waals surface area contributed by atoms with Crippen LogP contribution in [0, 0.1) is 0 Å². The zero-order valence-electron chi connectivity index (χ0n) is 13.2. The third-order valence-electron chi connectivity index (χ3n) is 3.91. The number of likely N-dealkylation sites (N-methyl/N-ethyl adjacent to an activating group) is 1. The van der Waals surface area contributed by atoms with Gasteiger partial charge in [0.2, 0.25) is 5.91 Å². The van der Waals surface area contributed by atoms with E-state index >= 15 is 0 Å². The summed E-state index contributed by atoms with van der Waals surface area (Å²) in [6.45, 7) is 3.92. The molecule has 0 aliphatic carbocycles.